The molecule has 0 saturated carbocycles. The second-order valence-electron chi connectivity index (χ2n) is 3.34. The molecule has 1 aromatic carbocycles. The van der Waals surface area contributed by atoms with Gasteiger partial charge >= 0.3 is 0 Å². The van der Waals surface area contributed by atoms with Crippen LogP contribution >= 0.6 is 11.8 Å². The Bertz CT molecular complexity index is 297. The Morgan fingerprint density at radius 3 is 3.14 bits per heavy atom. The number of ether oxygens (including phenoxy) is 1. The lowest BCUT2D eigenvalue weighted by molar-refractivity contribution is 0.414. The van der Waals surface area contributed by atoms with E-state index in [4.69, 9.17) is 4.74 Å². The first kappa shape index (κ1) is 9.87. The molecule has 0 spiro atoms. The molecule has 1 saturated heterocycles. The molecule has 14 heavy (non-hydrogen) atoms. The molecule has 1 aliphatic rings. The van der Waals surface area contributed by atoms with Crippen LogP contribution in [0.1, 0.15) is 10.8 Å². The maximum atomic E-state index is 5.22. The van der Waals surface area contributed by atoms with Gasteiger partial charge in [-0.3, -0.25) is 0 Å². The van der Waals surface area contributed by atoms with Crippen LogP contribution in [0.2, 0.25) is 0 Å². The fourth-order valence-corrected chi connectivity index (χ4v) is 2.74. The van der Waals surface area contributed by atoms with Crippen LogP contribution in [0, 0.1) is 0 Å². The van der Waals surface area contributed by atoms with Crippen LogP contribution in [-0.2, 0) is 0 Å². The Kier molecular flexibility index (Phi) is 3.32. The second-order valence-corrected chi connectivity index (χ2v) is 4.65. The minimum Gasteiger partial charge on any atom is -0.497 e. The lowest BCUT2D eigenvalue weighted by atomic mass is 10.1. The first-order valence-corrected chi connectivity index (χ1v) is 5.91. The van der Waals surface area contributed by atoms with E-state index in [0.717, 1.165) is 18.8 Å². The highest BCUT2D eigenvalue weighted by Gasteiger charge is 2.15. The SMILES string of the molecule is COc1cccc(C2CNCCS2)c1. The molecule has 1 aromatic rings. The summed E-state index contributed by atoms with van der Waals surface area (Å²) in [6.45, 7) is 2.20. The fourth-order valence-electron chi connectivity index (χ4n) is 1.62. The number of thioether (sulfide) groups is 1. The van der Waals surface area contributed by atoms with Gasteiger partial charge in [0.15, 0.2) is 0 Å². The summed E-state index contributed by atoms with van der Waals surface area (Å²) in [5.74, 6) is 2.15. The molecule has 1 aliphatic heterocycles. The zero-order valence-electron chi connectivity index (χ0n) is 8.32. The van der Waals surface area contributed by atoms with Gasteiger partial charge in [-0.25, -0.2) is 0 Å². The number of hydrogen-bond acceptors (Lipinski definition) is 3. The maximum absolute atomic E-state index is 5.22. The molecule has 1 unspecified atom stereocenters. The molecule has 2 rings (SSSR count). The minimum atomic E-state index is 0.582. The fraction of sp³-hybridized carbons (Fsp3) is 0.455. The first-order chi connectivity index (χ1) is 6.90. The van der Waals surface area contributed by atoms with Crippen molar-refractivity contribution in [2.75, 3.05) is 26.0 Å². The van der Waals surface area contributed by atoms with Gasteiger partial charge in [-0.15, -0.1) is 0 Å². The van der Waals surface area contributed by atoms with E-state index in [9.17, 15) is 0 Å². The molecule has 3 heteroatoms. The van der Waals surface area contributed by atoms with E-state index in [0.29, 0.717) is 5.25 Å². The van der Waals surface area contributed by atoms with Crippen molar-refractivity contribution in [1.29, 1.82) is 0 Å². The summed E-state index contributed by atoms with van der Waals surface area (Å²) in [5.41, 5.74) is 1.36. The summed E-state index contributed by atoms with van der Waals surface area (Å²) in [4.78, 5) is 0. The smallest absolute Gasteiger partial charge is 0.119 e. The van der Waals surface area contributed by atoms with Gasteiger partial charge in [0.2, 0.25) is 0 Å². The van der Waals surface area contributed by atoms with Crippen LogP contribution in [0.4, 0.5) is 0 Å². The quantitative estimate of drug-likeness (QED) is 0.805. The van der Waals surface area contributed by atoms with Crippen LogP contribution in [0.5, 0.6) is 5.75 Å². The van der Waals surface area contributed by atoms with E-state index >= 15 is 0 Å². The van der Waals surface area contributed by atoms with Gasteiger partial charge in [-0.2, -0.15) is 11.8 Å². The van der Waals surface area contributed by atoms with Crippen molar-refractivity contribution in [3.8, 4) is 5.75 Å². The van der Waals surface area contributed by atoms with E-state index in [-0.39, 0.29) is 0 Å². The normalized spacial score (nSPS) is 21.9. The van der Waals surface area contributed by atoms with Gasteiger partial charge in [0.1, 0.15) is 5.75 Å². The molecule has 0 aromatic heterocycles. The van der Waals surface area contributed by atoms with Crippen molar-refractivity contribution in [2.45, 2.75) is 5.25 Å². The van der Waals surface area contributed by atoms with Crippen molar-refractivity contribution in [1.82, 2.24) is 5.32 Å². The van der Waals surface area contributed by atoms with Gasteiger partial charge in [0, 0.05) is 24.1 Å². The Morgan fingerprint density at radius 2 is 2.43 bits per heavy atom. The molecular weight excluding hydrogens is 194 g/mol. The summed E-state index contributed by atoms with van der Waals surface area (Å²) in [5, 5.41) is 3.99. The number of methoxy groups -OCH3 is 1. The maximum Gasteiger partial charge on any atom is 0.119 e. The monoisotopic (exact) mass is 209 g/mol. The highest BCUT2D eigenvalue weighted by atomic mass is 32.2. The lowest BCUT2D eigenvalue weighted by Crippen LogP contribution is -2.28. The summed E-state index contributed by atoms with van der Waals surface area (Å²) < 4.78 is 5.22. The zero-order valence-corrected chi connectivity index (χ0v) is 9.14. The molecule has 2 nitrogen and oxygen atoms in total. The van der Waals surface area contributed by atoms with E-state index in [1.54, 1.807) is 7.11 Å². The largest absolute Gasteiger partial charge is 0.497 e. The van der Waals surface area contributed by atoms with Gasteiger partial charge in [-0.1, -0.05) is 12.1 Å². The summed E-state index contributed by atoms with van der Waals surface area (Å²) in [6, 6.07) is 8.35. The number of benzene rings is 1. The molecule has 0 aliphatic carbocycles. The third-order valence-corrected chi connectivity index (χ3v) is 3.67. The Balaban J connectivity index is 2.13. The molecule has 1 heterocycles. The molecule has 1 atom stereocenters. The number of hydrogen-bond donors (Lipinski definition) is 1. The van der Waals surface area contributed by atoms with E-state index in [2.05, 4.69) is 23.5 Å². The molecule has 1 N–H and O–H groups in total. The third-order valence-electron chi connectivity index (χ3n) is 2.39. The molecule has 76 valence electrons. The van der Waals surface area contributed by atoms with Crippen molar-refractivity contribution >= 4 is 11.8 Å². The summed E-state index contributed by atoms with van der Waals surface area (Å²) in [6.07, 6.45) is 0. The molecule has 0 bridgehead atoms. The van der Waals surface area contributed by atoms with Crippen molar-refractivity contribution in [2.24, 2.45) is 0 Å². The zero-order chi connectivity index (χ0) is 9.80. The van der Waals surface area contributed by atoms with E-state index in [1.165, 1.54) is 11.3 Å². The van der Waals surface area contributed by atoms with Crippen LogP contribution in [0.25, 0.3) is 0 Å². The lowest BCUT2D eigenvalue weighted by Gasteiger charge is -2.22. The van der Waals surface area contributed by atoms with Gasteiger partial charge in [-0.05, 0) is 17.7 Å². The summed E-state index contributed by atoms with van der Waals surface area (Å²) >= 11 is 2.02. The molecule has 0 radical (unpaired) electrons. The standard InChI is InChI=1S/C11H15NOS/c1-13-10-4-2-3-9(7-10)11-8-12-5-6-14-11/h2-4,7,11-12H,5-6,8H2,1H3. The highest BCUT2D eigenvalue weighted by molar-refractivity contribution is 7.99. The predicted molar refractivity (Wildman–Crippen MR) is 61.1 cm³/mol. The van der Waals surface area contributed by atoms with Gasteiger partial charge in [0.05, 0.1) is 7.11 Å². The van der Waals surface area contributed by atoms with E-state index < -0.39 is 0 Å². The average molecular weight is 209 g/mol. The van der Waals surface area contributed by atoms with Crippen LogP contribution < -0.4 is 10.1 Å². The second kappa shape index (κ2) is 4.71. The summed E-state index contributed by atoms with van der Waals surface area (Å²) in [7, 11) is 1.71. The van der Waals surface area contributed by atoms with Gasteiger partial charge < -0.3 is 10.1 Å². The molecule has 1 fully saturated rings. The topological polar surface area (TPSA) is 21.3 Å². The Labute approximate surface area is 89.0 Å². The van der Waals surface area contributed by atoms with Crippen molar-refractivity contribution in [3.63, 3.8) is 0 Å². The van der Waals surface area contributed by atoms with Gasteiger partial charge in [0.25, 0.3) is 0 Å². The van der Waals surface area contributed by atoms with Crippen molar-refractivity contribution in [3.05, 3.63) is 29.8 Å². The van der Waals surface area contributed by atoms with Crippen LogP contribution in [0.15, 0.2) is 24.3 Å². The minimum absolute atomic E-state index is 0.582. The Morgan fingerprint density at radius 1 is 1.50 bits per heavy atom. The Hall–Kier alpha value is -0.670. The van der Waals surface area contributed by atoms with Crippen LogP contribution in [0.3, 0.4) is 0 Å². The average Bonchev–Trinajstić information content (AvgIpc) is 2.30. The number of rotatable bonds is 2. The first-order valence-electron chi connectivity index (χ1n) is 4.86. The third kappa shape index (κ3) is 2.22. The highest BCUT2D eigenvalue weighted by Crippen LogP contribution is 2.31. The van der Waals surface area contributed by atoms with E-state index in [1.807, 2.05) is 17.8 Å². The van der Waals surface area contributed by atoms with Crippen molar-refractivity contribution < 1.29 is 4.74 Å². The molecule has 0 amide bonds. The molecular formula is C11H15NOS. The number of nitrogens with one attached hydrogen (secondary N) is 1. The predicted octanol–water partition coefficient (Wildman–Crippen LogP) is 2.07. The van der Waals surface area contributed by atoms with Crippen LogP contribution in [-0.4, -0.2) is 26.0 Å².